The van der Waals surface area contributed by atoms with Crippen molar-refractivity contribution in [3.63, 3.8) is 0 Å². The summed E-state index contributed by atoms with van der Waals surface area (Å²) in [6.07, 6.45) is 5.64. The minimum Gasteiger partial charge on any atom is -0.480 e. The Hall–Kier alpha value is -1.82. The van der Waals surface area contributed by atoms with E-state index in [1.165, 1.54) is 0 Å². The van der Waals surface area contributed by atoms with Crippen LogP contribution in [-0.2, 0) is 10.0 Å². The Kier molecular flexibility index (Phi) is 5.28. The Bertz CT molecular complexity index is 1000. The van der Waals surface area contributed by atoms with Gasteiger partial charge in [0.25, 0.3) is 0 Å². The first kappa shape index (κ1) is 21.4. The molecule has 1 aromatic carbocycles. The van der Waals surface area contributed by atoms with Gasteiger partial charge < -0.3 is 4.74 Å². The van der Waals surface area contributed by atoms with E-state index in [1.54, 1.807) is 24.3 Å². The van der Waals surface area contributed by atoms with Crippen LogP contribution in [0.15, 0.2) is 29.3 Å². The van der Waals surface area contributed by atoms with E-state index in [2.05, 4.69) is 5.32 Å². The van der Waals surface area contributed by atoms with Gasteiger partial charge in [-0.1, -0.05) is 17.7 Å². The largest absolute Gasteiger partial charge is 0.480 e. The van der Waals surface area contributed by atoms with Gasteiger partial charge in [-0.25, -0.2) is 13.6 Å². The SMILES string of the molecule is CC(C)(Oc1cccc(Cl)c1)C(=NC1C2CC3CC1CC(S(N)(=O)=O)(C3)C2)NC#N. The number of ether oxygens (including phenoxy) is 1. The Morgan fingerprint density at radius 2 is 2.00 bits per heavy atom. The Morgan fingerprint density at radius 3 is 2.57 bits per heavy atom. The van der Waals surface area contributed by atoms with Gasteiger partial charge in [0.1, 0.15) is 5.75 Å². The number of amidine groups is 1. The molecule has 4 fully saturated rings. The minimum atomic E-state index is -3.61. The fraction of sp³-hybridized carbons (Fsp3) is 0.619. The second-order valence-corrected chi connectivity index (χ2v) is 11.9. The molecule has 2 atom stereocenters. The number of hydrogen-bond acceptors (Lipinski definition) is 5. The second-order valence-electron chi connectivity index (χ2n) is 9.47. The number of nitriles is 1. The smallest absolute Gasteiger partial charge is 0.214 e. The molecule has 0 heterocycles. The highest BCUT2D eigenvalue weighted by atomic mass is 35.5. The van der Waals surface area contributed by atoms with Crippen molar-refractivity contribution in [3.8, 4) is 11.9 Å². The molecule has 1 aromatic rings. The molecule has 9 heteroatoms. The Balaban J connectivity index is 1.62. The summed E-state index contributed by atoms with van der Waals surface area (Å²) >= 11 is 6.06. The molecule has 5 rings (SSSR count). The van der Waals surface area contributed by atoms with E-state index in [0.29, 0.717) is 41.8 Å². The Morgan fingerprint density at radius 1 is 1.33 bits per heavy atom. The number of sulfonamides is 1. The van der Waals surface area contributed by atoms with Crippen LogP contribution in [-0.4, -0.2) is 30.6 Å². The maximum atomic E-state index is 12.4. The van der Waals surface area contributed by atoms with Gasteiger partial charge in [0.05, 0.1) is 10.8 Å². The summed E-state index contributed by atoms with van der Waals surface area (Å²) in [6, 6.07) is 7.03. The van der Waals surface area contributed by atoms with Crippen molar-refractivity contribution < 1.29 is 13.2 Å². The number of primary sulfonamides is 1. The predicted molar refractivity (Wildman–Crippen MR) is 116 cm³/mol. The normalized spacial score (nSPS) is 33.2. The van der Waals surface area contributed by atoms with E-state index < -0.39 is 20.4 Å². The number of hydrogen-bond donors (Lipinski definition) is 2. The van der Waals surface area contributed by atoms with Gasteiger partial charge in [-0.3, -0.25) is 10.3 Å². The molecule has 2 unspecified atom stereocenters. The van der Waals surface area contributed by atoms with Crippen LogP contribution in [0.2, 0.25) is 5.02 Å². The number of aliphatic imine (C=N–C) groups is 1. The molecular weight excluding hydrogens is 424 g/mol. The van der Waals surface area contributed by atoms with Crippen LogP contribution < -0.4 is 15.2 Å². The zero-order valence-electron chi connectivity index (χ0n) is 17.1. The van der Waals surface area contributed by atoms with Crippen molar-refractivity contribution in [3.05, 3.63) is 29.3 Å². The molecule has 0 aromatic heterocycles. The fourth-order valence-corrected chi connectivity index (χ4v) is 7.44. The van der Waals surface area contributed by atoms with Crippen LogP contribution >= 0.6 is 11.6 Å². The maximum Gasteiger partial charge on any atom is 0.214 e. The predicted octanol–water partition coefficient (Wildman–Crippen LogP) is 3.20. The lowest BCUT2D eigenvalue weighted by Crippen LogP contribution is -2.61. The van der Waals surface area contributed by atoms with Crippen molar-refractivity contribution in [1.29, 1.82) is 5.26 Å². The van der Waals surface area contributed by atoms with Crippen LogP contribution in [0.3, 0.4) is 0 Å². The quantitative estimate of drug-likeness (QED) is 0.309. The number of benzene rings is 1. The van der Waals surface area contributed by atoms with Gasteiger partial charge in [0.2, 0.25) is 10.0 Å². The number of halogens is 1. The average molecular weight is 451 g/mol. The molecule has 0 saturated heterocycles. The first-order valence-electron chi connectivity index (χ1n) is 10.2. The molecule has 4 aliphatic rings. The van der Waals surface area contributed by atoms with Crippen molar-refractivity contribution >= 4 is 27.5 Å². The number of nitrogens with one attached hydrogen (secondary N) is 1. The van der Waals surface area contributed by atoms with Gasteiger partial charge in [0, 0.05) is 5.02 Å². The second kappa shape index (κ2) is 7.40. The third-order valence-electron chi connectivity index (χ3n) is 6.96. The van der Waals surface area contributed by atoms with Gasteiger partial charge in [-0.15, -0.1) is 0 Å². The highest BCUT2D eigenvalue weighted by molar-refractivity contribution is 7.90. The molecule has 0 spiro atoms. The first-order valence-corrected chi connectivity index (χ1v) is 12.2. The lowest BCUT2D eigenvalue weighted by Gasteiger charge is -2.57. The summed E-state index contributed by atoms with van der Waals surface area (Å²) in [6.45, 7) is 3.69. The third kappa shape index (κ3) is 3.79. The highest BCUT2D eigenvalue weighted by Crippen LogP contribution is 2.59. The number of nitrogens with zero attached hydrogens (tertiary/aromatic N) is 2. The van der Waals surface area contributed by atoms with Crippen LogP contribution in [0.25, 0.3) is 0 Å². The topological polar surface area (TPSA) is 118 Å². The van der Waals surface area contributed by atoms with E-state index in [0.717, 1.165) is 12.8 Å². The molecule has 4 bridgehead atoms. The lowest BCUT2D eigenvalue weighted by atomic mass is 9.54. The van der Waals surface area contributed by atoms with Crippen LogP contribution in [0.4, 0.5) is 0 Å². The summed E-state index contributed by atoms with van der Waals surface area (Å²) in [5.74, 6) is 1.69. The van der Waals surface area contributed by atoms with E-state index >= 15 is 0 Å². The molecular formula is C21H27ClN4O3S. The van der Waals surface area contributed by atoms with Crippen molar-refractivity contribution in [2.24, 2.45) is 27.9 Å². The van der Waals surface area contributed by atoms with E-state index in [9.17, 15) is 13.7 Å². The van der Waals surface area contributed by atoms with Crippen LogP contribution in [0, 0.1) is 29.2 Å². The molecule has 162 valence electrons. The highest BCUT2D eigenvalue weighted by Gasteiger charge is 2.60. The Labute approximate surface area is 182 Å². The van der Waals surface area contributed by atoms with E-state index in [-0.39, 0.29) is 17.9 Å². The van der Waals surface area contributed by atoms with Crippen molar-refractivity contribution in [1.82, 2.24) is 5.32 Å². The van der Waals surface area contributed by atoms with Gasteiger partial charge in [0.15, 0.2) is 17.6 Å². The van der Waals surface area contributed by atoms with Gasteiger partial charge in [-0.2, -0.15) is 5.26 Å². The monoisotopic (exact) mass is 450 g/mol. The zero-order chi connectivity index (χ0) is 21.7. The molecule has 30 heavy (non-hydrogen) atoms. The summed E-state index contributed by atoms with van der Waals surface area (Å²) in [5.41, 5.74) is -0.896. The van der Waals surface area contributed by atoms with E-state index in [4.69, 9.17) is 26.5 Å². The molecule has 0 radical (unpaired) electrons. The summed E-state index contributed by atoms with van der Waals surface area (Å²) in [4.78, 5) is 4.96. The minimum absolute atomic E-state index is 0.0467. The molecule has 4 saturated carbocycles. The van der Waals surface area contributed by atoms with Crippen molar-refractivity contribution in [2.75, 3.05) is 0 Å². The van der Waals surface area contributed by atoms with E-state index in [1.807, 2.05) is 20.0 Å². The standard InChI is InChI=1S/C21H27ClN4O3S/c1-20(2,29-17-5-3-4-16(22)8-17)19(25-12-23)26-18-14-6-13-7-15(18)11-21(9-13,10-14)30(24,27)28/h3-5,8,13-15,18H,6-7,9-11H2,1-2H3,(H,25,26)(H2,24,27,28). The van der Waals surface area contributed by atoms with Crippen molar-refractivity contribution in [2.45, 2.75) is 62.3 Å². The molecule has 0 aliphatic heterocycles. The molecule has 3 N–H and O–H groups in total. The number of nitrogens with two attached hydrogens (primary N) is 1. The molecule has 0 amide bonds. The summed E-state index contributed by atoms with van der Waals surface area (Å²) in [5, 5.41) is 18.2. The first-order chi connectivity index (χ1) is 14.0. The zero-order valence-corrected chi connectivity index (χ0v) is 18.7. The third-order valence-corrected chi connectivity index (χ3v) is 8.90. The van der Waals surface area contributed by atoms with Gasteiger partial charge >= 0.3 is 0 Å². The van der Waals surface area contributed by atoms with Crippen LogP contribution in [0.5, 0.6) is 5.75 Å². The molecule has 4 aliphatic carbocycles. The number of rotatable bonds is 5. The molecule has 7 nitrogen and oxygen atoms in total. The maximum absolute atomic E-state index is 12.4. The van der Waals surface area contributed by atoms with Crippen LogP contribution in [0.1, 0.15) is 46.0 Å². The summed E-state index contributed by atoms with van der Waals surface area (Å²) in [7, 11) is -3.61. The van der Waals surface area contributed by atoms with Gasteiger partial charge in [-0.05, 0) is 81.9 Å². The summed E-state index contributed by atoms with van der Waals surface area (Å²) < 4.78 is 30.0. The average Bonchev–Trinajstić information content (AvgIpc) is 2.62. The fourth-order valence-electron chi connectivity index (χ4n) is 5.90. The lowest BCUT2D eigenvalue weighted by molar-refractivity contribution is 0.0138.